The Bertz CT molecular complexity index is 2580. The number of benzene rings is 6. The van der Waals surface area contributed by atoms with Gasteiger partial charge in [-0.3, -0.25) is 0 Å². The van der Waals surface area contributed by atoms with Crippen LogP contribution in [0.3, 0.4) is 0 Å². The maximum Gasteiger partial charge on any atom is 0.343 e. The molecule has 0 aromatic heterocycles. The van der Waals surface area contributed by atoms with Crippen LogP contribution in [0.25, 0.3) is 11.1 Å². The number of hydrogen-bond acceptors (Lipinski definition) is 10. The van der Waals surface area contributed by atoms with Crippen molar-refractivity contribution in [2.45, 2.75) is 118 Å². The summed E-state index contributed by atoms with van der Waals surface area (Å²) in [5.41, 5.74) is 2.81. The van der Waals surface area contributed by atoms with Gasteiger partial charge in [-0.2, -0.15) is 0 Å². The third-order valence-corrected chi connectivity index (χ3v) is 12.3. The van der Waals surface area contributed by atoms with Crippen LogP contribution in [-0.2, 0) is 0 Å². The van der Waals surface area contributed by atoms with Gasteiger partial charge in [-0.25, -0.2) is 19.2 Å². The minimum atomic E-state index is -0.581. The molecule has 0 bridgehead atoms. The van der Waals surface area contributed by atoms with Crippen LogP contribution in [0.2, 0.25) is 0 Å². The number of carbonyl (C=O) groups excluding carboxylic acids is 4. The number of carbonyl (C=O) groups is 4. The van der Waals surface area contributed by atoms with Crippen LogP contribution in [-0.4, -0.2) is 37.1 Å². The zero-order valence-corrected chi connectivity index (χ0v) is 42.4. The summed E-state index contributed by atoms with van der Waals surface area (Å²) in [6, 6.07) is 40.0. The molecule has 0 aliphatic rings. The summed E-state index contributed by atoms with van der Waals surface area (Å²) in [6.07, 6.45) is 17.3. The van der Waals surface area contributed by atoms with E-state index in [1.54, 1.807) is 127 Å². The second-order valence-corrected chi connectivity index (χ2v) is 18.8. The predicted octanol–water partition coefficient (Wildman–Crippen LogP) is 15.8. The fourth-order valence-corrected chi connectivity index (χ4v) is 7.99. The van der Waals surface area contributed by atoms with Gasteiger partial charge in [0.05, 0.1) is 35.5 Å². The zero-order valence-electron chi connectivity index (χ0n) is 42.4. The second-order valence-electron chi connectivity index (χ2n) is 18.8. The molecule has 0 spiro atoms. The Morgan fingerprint density at radius 2 is 0.750 bits per heavy atom. The molecular weight excluding hydrogens is 905 g/mol. The highest BCUT2D eigenvalue weighted by Gasteiger charge is 2.16. The van der Waals surface area contributed by atoms with Gasteiger partial charge in [0.2, 0.25) is 0 Å². The topological polar surface area (TPSA) is 124 Å². The van der Waals surface area contributed by atoms with E-state index in [1.165, 1.54) is 82.8 Å². The van der Waals surface area contributed by atoms with E-state index in [9.17, 15) is 19.2 Å². The van der Waals surface area contributed by atoms with E-state index >= 15 is 0 Å². The normalized spacial score (nSPS) is 11.4. The summed E-state index contributed by atoms with van der Waals surface area (Å²) in [5.74, 6) is 1.81. The number of hydrogen-bond donors (Lipinski definition) is 0. The number of unbranched alkanes of at least 4 members (excludes halogenated alkanes) is 9. The quantitative estimate of drug-likeness (QED) is 0.0255. The van der Waals surface area contributed by atoms with Crippen molar-refractivity contribution < 1.29 is 47.6 Å². The Balaban J connectivity index is 0.895. The molecule has 10 heteroatoms. The lowest BCUT2D eigenvalue weighted by molar-refractivity contribution is 0.0720. The highest BCUT2D eigenvalue weighted by atomic mass is 16.5. The van der Waals surface area contributed by atoms with E-state index < -0.39 is 23.9 Å². The largest absolute Gasteiger partial charge is 0.494 e. The van der Waals surface area contributed by atoms with Gasteiger partial charge in [0.25, 0.3) is 0 Å². The second kappa shape index (κ2) is 29.2. The van der Waals surface area contributed by atoms with Crippen molar-refractivity contribution in [2.24, 2.45) is 11.8 Å². The van der Waals surface area contributed by atoms with Gasteiger partial charge < -0.3 is 28.4 Å². The van der Waals surface area contributed by atoms with Crippen molar-refractivity contribution in [2.75, 3.05) is 13.2 Å². The minimum absolute atomic E-state index is 0.265. The van der Waals surface area contributed by atoms with Gasteiger partial charge in [-0.15, -0.1) is 0 Å². The Morgan fingerprint density at radius 1 is 0.361 bits per heavy atom. The molecule has 0 heterocycles. The molecule has 1 atom stereocenters. The first-order valence-electron chi connectivity index (χ1n) is 25.8. The maximum absolute atomic E-state index is 13.2. The van der Waals surface area contributed by atoms with Crippen LogP contribution in [0.1, 0.15) is 159 Å². The highest BCUT2D eigenvalue weighted by molar-refractivity contribution is 5.94. The van der Waals surface area contributed by atoms with Gasteiger partial charge in [-0.1, -0.05) is 129 Å². The number of esters is 4. The molecule has 0 unspecified atom stereocenters. The summed E-state index contributed by atoms with van der Waals surface area (Å²) in [5, 5.41) is 0. The van der Waals surface area contributed by atoms with E-state index in [-0.39, 0.29) is 17.1 Å². The molecule has 72 heavy (non-hydrogen) atoms. The first kappa shape index (κ1) is 54.1. The van der Waals surface area contributed by atoms with Gasteiger partial charge in [0.15, 0.2) is 0 Å². The molecule has 0 aliphatic carbocycles. The van der Waals surface area contributed by atoms with Crippen LogP contribution < -0.4 is 28.4 Å². The van der Waals surface area contributed by atoms with Gasteiger partial charge >= 0.3 is 23.9 Å². The third kappa shape index (κ3) is 18.5. The third-order valence-electron chi connectivity index (χ3n) is 12.3. The molecule has 0 amide bonds. The van der Waals surface area contributed by atoms with Crippen molar-refractivity contribution in [1.29, 1.82) is 0 Å². The van der Waals surface area contributed by atoms with E-state index in [2.05, 4.69) is 27.7 Å². The van der Waals surface area contributed by atoms with Crippen molar-refractivity contribution >= 4 is 23.9 Å². The highest BCUT2D eigenvalue weighted by Crippen LogP contribution is 2.27. The van der Waals surface area contributed by atoms with E-state index in [4.69, 9.17) is 28.4 Å². The Kier molecular flexibility index (Phi) is 22.0. The van der Waals surface area contributed by atoms with Gasteiger partial charge in [0, 0.05) is 0 Å². The number of rotatable bonds is 29. The molecular formula is C62H70O10. The lowest BCUT2D eigenvalue weighted by Gasteiger charge is -2.13. The van der Waals surface area contributed by atoms with Crippen LogP contribution in [0.5, 0.6) is 34.5 Å². The number of ether oxygens (including phenoxy) is 6. The molecule has 6 rings (SSSR count). The fourth-order valence-electron chi connectivity index (χ4n) is 7.99. The predicted molar refractivity (Wildman–Crippen MR) is 283 cm³/mol. The minimum Gasteiger partial charge on any atom is -0.494 e. The summed E-state index contributed by atoms with van der Waals surface area (Å²) < 4.78 is 34.1. The van der Waals surface area contributed by atoms with E-state index in [0.717, 1.165) is 42.1 Å². The van der Waals surface area contributed by atoms with Crippen molar-refractivity contribution in [1.82, 2.24) is 0 Å². The molecule has 0 fully saturated rings. The van der Waals surface area contributed by atoms with Crippen molar-refractivity contribution in [3.63, 3.8) is 0 Å². The molecule has 6 aromatic carbocycles. The summed E-state index contributed by atoms with van der Waals surface area (Å²) in [7, 11) is 0. The lowest BCUT2D eigenvalue weighted by Crippen LogP contribution is -2.10. The van der Waals surface area contributed by atoms with E-state index in [1.807, 2.05) is 6.07 Å². The summed E-state index contributed by atoms with van der Waals surface area (Å²) in [6.45, 7) is 10.3. The van der Waals surface area contributed by atoms with Crippen LogP contribution in [0, 0.1) is 11.8 Å². The molecule has 0 saturated heterocycles. The maximum atomic E-state index is 13.2. The molecule has 378 valence electrons. The Hall–Kier alpha value is -7.20. The smallest absolute Gasteiger partial charge is 0.343 e. The fraction of sp³-hybridized carbons (Fsp3) is 0.355. The van der Waals surface area contributed by atoms with Crippen molar-refractivity contribution in [3.05, 3.63) is 168 Å². The summed E-state index contributed by atoms with van der Waals surface area (Å²) in [4.78, 5) is 51.9. The van der Waals surface area contributed by atoms with Crippen LogP contribution in [0.15, 0.2) is 146 Å². The average molecular weight is 975 g/mol. The van der Waals surface area contributed by atoms with Crippen LogP contribution >= 0.6 is 0 Å². The van der Waals surface area contributed by atoms with Crippen molar-refractivity contribution in [3.8, 4) is 45.6 Å². The van der Waals surface area contributed by atoms with Gasteiger partial charge in [0.1, 0.15) is 34.5 Å². The molecule has 0 N–H and O–H groups in total. The Labute approximate surface area is 426 Å². The summed E-state index contributed by atoms with van der Waals surface area (Å²) >= 11 is 0. The van der Waals surface area contributed by atoms with Gasteiger partial charge in [-0.05, 0) is 157 Å². The van der Waals surface area contributed by atoms with E-state index in [0.29, 0.717) is 53.1 Å². The molecule has 0 saturated carbocycles. The monoisotopic (exact) mass is 974 g/mol. The first-order valence-corrected chi connectivity index (χ1v) is 25.8. The molecule has 10 nitrogen and oxygen atoms in total. The molecule has 0 radical (unpaired) electrons. The average Bonchev–Trinajstić information content (AvgIpc) is 3.39. The first-order chi connectivity index (χ1) is 35.0. The van der Waals surface area contributed by atoms with Crippen LogP contribution in [0.4, 0.5) is 0 Å². The lowest BCUT2D eigenvalue weighted by atomic mass is 9.98. The SMILES string of the molecule is CCCCCCCCCCCCOc1ccc(C(=O)Oc2ccc(C(=O)Oc3ccc(-c4cccc(C(=O)Oc5ccc(C(=O)Oc6ccc(OCC[C@@H](C)CCCC(C)C)cc6)cc5)c4)cc3)cc2)cc1. The molecule has 6 aromatic rings. The zero-order chi connectivity index (χ0) is 50.9. The molecule has 0 aliphatic heterocycles. The standard InChI is InChI=1S/C62H70O10/c1-5-6-7-8-9-10-11-12-13-14-42-67-53-29-23-48(24-30-53)59(63)70-56-33-25-49(26-34-56)60(64)69-55-31-21-47(22-32-55)51-19-16-20-52(44-51)62(66)72-57-35-27-50(28-36-57)61(65)71-58-39-37-54(38-40-58)68-43-41-46(4)18-15-17-45(2)3/h16,19-40,44-46H,5-15,17-18,41-43H2,1-4H3/t46-/m0/s1. The Morgan fingerprint density at radius 3 is 1.22 bits per heavy atom.